The number of aromatic nitrogens is 2. The first-order valence-corrected chi connectivity index (χ1v) is 7.90. The van der Waals surface area contributed by atoms with Gasteiger partial charge in [-0.15, -0.1) is 10.2 Å². The van der Waals surface area contributed by atoms with Crippen molar-refractivity contribution in [3.05, 3.63) is 64.1 Å². The Hall–Kier alpha value is -2.11. The van der Waals surface area contributed by atoms with E-state index >= 15 is 0 Å². The van der Waals surface area contributed by atoms with Crippen molar-refractivity contribution >= 4 is 33.8 Å². The minimum absolute atomic E-state index is 0.737. The Bertz CT molecular complexity index is 758. The van der Waals surface area contributed by atoms with Crippen LogP contribution in [0, 0.1) is 0 Å². The molecule has 0 bridgehead atoms. The normalized spacial score (nSPS) is 10.5. The van der Waals surface area contributed by atoms with E-state index in [0.717, 1.165) is 38.6 Å². The maximum absolute atomic E-state index is 5.89. The molecule has 0 aliphatic rings. The molecule has 3 aromatic rings. The maximum Gasteiger partial charge on any atom is 0.210 e. The van der Waals surface area contributed by atoms with E-state index in [-0.39, 0.29) is 0 Å². The molecule has 112 valence electrons. The molecule has 3 rings (SSSR count). The Labute approximate surface area is 137 Å². The van der Waals surface area contributed by atoms with Crippen molar-refractivity contribution in [2.75, 3.05) is 12.4 Å². The molecule has 0 spiro atoms. The van der Waals surface area contributed by atoms with Gasteiger partial charge in [-0.3, -0.25) is 0 Å². The molecule has 0 atom stereocenters. The van der Waals surface area contributed by atoms with Crippen molar-refractivity contribution in [1.82, 2.24) is 10.2 Å². The summed E-state index contributed by atoms with van der Waals surface area (Å²) < 4.78 is 5.20. The minimum Gasteiger partial charge on any atom is -0.497 e. The highest BCUT2D eigenvalue weighted by molar-refractivity contribution is 7.15. The summed E-state index contributed by atoms with van der Waals surface area (Å²) >= 11 is 7.42. The van der Waals surface area contributed by atoms with Crippen LogP contribution in [0.1, 0.15) is 10.6 Å². The number of halogens is 1. The molecule has 4 nitrogen and oxygen atoms in total. The van der Waals surface area contributed by atoms with Gasteiger partial charge in [0.1, 0.15) is 10.8 Å². The lowest BCUT2D eigenvalue weighted by Gasteiger charge is -2.04. The summed E-state index contributed by atoms with van der Waals surface area (Å²) in [7, 11) is 1.65. The third-order valence-corrected chi connectivity index (χ3v) is 4.15. The predicted octanol–water partition coefficient (Wildman–Crippen LogP) is 4.53. The number of methoxy groups -OCH3 is 1. The highest BCUT2D eigenvalue weighted by Crippen LogP contribution is 2.25. The molecule has 2 aromatic carbocycles. The first kappa shape index (κ1) is 14.8. The maximum atomic E-state index is 5.89. The number of ether oxygens (including phenoxy) is 1. The average molecular weight is 332 g/mol. The number of nitrogens with zero attached hydrogens (tertiary/aromatic N) is 2. The van der Waals surface area contributed by atoms with Crippen LogP contribution in [0.5, 0.6) is 5.75 Å². The van der Waals surface area contributed by atoms with Gasteiger partial charge >= 0.3 is 0 Å². The summed E-state index contributed by atoms with van der Waals surface area (Å²) in [6.07, 6.45) is 0.745. The molecule has 1 aromatic heterocycles. The van der Waals surface area contributed by atoms with Crippen LogP contribution in [0.4, 0.5) is 10.8 Å². The Kier molecular flexibility index (Phi) is 4.56. The number of hydrogen-bond donors (Lipinski definition) is 1. The van der Waals surface area contributed by atoms with Crippen molar-refractivity contribution in [2.24, 2.45) is 0 Å². The van der Waals surface area contributed by atoms with E-state index in [1.54, 1.807) is 7.11 Å². The number of hydrogen-bond acceptors (Lipinski definition) is 5. The van der Waals surface area contributed by atoms with Crippen molar-refractivity contribution < 1.29 is 4.74 Å². The molecule has 0 aliphatic carbocycles. The van der Waals surface area contributed by atoms with Crippen molar-refractivity contribution in [2.45, 2.75) is 6.42 Å². The average Bonchev–Trinajstić information content (AvgIpc) is 2.97. The van der Waals surface area contributed by atoms with Crippen molar-refractivity contribution in [1.29, 1.82) is 0 Å². The van der Waals surface area contributed by atoms with Gasteiger partial charge < -0.3 is 10.1 Å². The monoisotopic (exact) mass is 331 g/mol. The first-order valence-electron chi connectivity index (χ1n) is 6.71. The zero-order valence-electron chi connectivity index (χ0n) is 11.9. The molecule has 1 N–H and O–H groups in total. The lowest BCUT2D eigenvalue weighted by Crippen LogP contribution is -1.90. The summed E-state index contributed by atoms with van der Waals surface area (Å²) in [5.41, 5.74) is 2.09. The van der Waals surface area contributed by atoms with E-state index in [1.807, 2.05) is 48.5 Å². The van der Waals surface area contributed by atoms with Crippen molar-refractivity contribution in [3.8, 4) is 5.75 Å². The summed E-state index contributed by atoms with van der Waals surface area (Å²) in [4.78, 5) is 0. The lowest BCUT2D eigenvalue weighted by molar-refractivity contribution is 0.415. The molecule has 0 aliphatic heterocycles. The van der Waals surface area contributed by atoms with Crippen LogP contribution in [-0.4, -0.2) is 17.3 Å². The van der Waals surface area contributed by atoms with Crippen molar-refractivity contribution in [3.63, 3.8) is 0 Å². The van der Waals surface area contributed by atoms with Gasteiger partial charge in [0.15, 0.2) is 0 Å². The molecule has 0 radical (unpaired) electrons. The molecular formula is C16H14ClN3OS. The van der Waals surface area contributed by atoms with E-state index in [4.69, 9.17) is 16.3 Å². The quantitative estimate of drug-likeness (QED) is 0.746. The number of nitrogens with one attached hydrogen (secondary N) is 1. The standard InChI is InChI=1S/C16H14ClN3OS/c1-21-14-4-2-3-13(10-14)18-16-20-19-15(22-16)9-11-5-7-12(17)8-6-11/h2-8,10H,9H2,1H3,(H,18,20). The predicted molar refractivity (Wildman–Crippen MR) is 90.4 cm³/mol. The fourth-order valence-electron chi connectivity index (χ4n) is 1.98. The Morgan fingerprint density at radius 2 is 1.95 bits per heavy atom. The largest absolute Gasteiger partial charge is 0.497 e. The molecule has 0 saturated carbocycles. The van der Waals surface area contributed by atoms with Gasteiger partial charge in [-0.25, -0.2) is 0 Å². The molecule has 0 fully saturated rings. The minimum atomic E-state index is 0.737. The van der Waals surface area contributed by atoms with Crippen LogP contribution >= 0.6 is 22.9 Å². The van der Waals surface area contributed by atoms with Gasteiger partial charge in [-0.05, 0) is 29.8 Å². The van der Waals surface area contributed by atoms with Crippen LogP contribution in [-0.2, 0) is 6.42 Å². The summed E-state index contributed by atoms with van der Waals surface area (Å²) in [6, 6.07) is 15.5. The van der Waals surface area contributed by atoms with E-state index in [0.29, 0.717) is 0 Å². The Balaban J connectivity index is 1.69. The summed E-state index contributed by atoms with van der Waals surface area (Å²) in [5, 5.41) is 14.1. The smallest absolute Gasteiger partial charge is 0.210 e. The Morgan fingerprint density at radius 1 is 1.14 bits per heavy atom. The Morgan fingerprint density at radius 3 is 2.73 bits per heavy atom. The second kappa shape index (κ2) is 6.77. The van der Waals surface area contributed by atoms with Crippen LogP contribution in [0.15, 0.2) is 48.5 Å². The fraction of sp³-hybridized carbons (Fsp3) is 0.125. The number of rotatable bonds is 5. The molecular weight excluding hydrogens is 318 g/mol. The van der Waals surface area contributed by atoms with Gasteiger partial charge in [-0.1, -0.05) is 41.1 Å². The number of anilines is 2. The molecule has 0 amide bonds. The molecule has 1 heterocycles. The lowest BCUT2D eigenvalue weighted by atomic mass is 10.2. The SMILES string of the molecule is COc1cccc(Nc2nnc(Cc3ccc(Cl)cc3)s2)c1. The highest BCUT2D eigenvalue weighted by Gasteiger charge is 2.06. The van der Waals surface area contributed by atoms with Gasteiger partial charge in [0.05, 0.1) is 7.11 Å². The van der Waals surface area contributed by atoms with Crippen LogP contribution < -0.4 is 10.1 Å². The first-order chi connectivity index (χ1) is 10.7. The van der Waals surface area contributed by atoms with E-state index in [9.17, 15) is 0 Å². The van der Waals surface area contributed by atoms with Gasteiger partial charge in [0.2, 0.25) is 5.13 Å². The second-order valence-corrected chi connectivity index (χ2v) is 6.16. The summed E-state index contributed by atoms with van der Waals surface area (Å²) in [5.74, 6) is 0.802. The molecule has 0 unspecified atom stereocenters. The summed E-state index contributed by atoms with van der Waals surface area (Å²) in [6.45, 7) is 0. The topological polar surface area (TPSA) is 47.0 Å². The third kappa shape index (κ3) is 3.75. The second-order valence-electron chi connectivity index (χ2n) is 4.66. The fourth-order valence-corrected chi connectivity index (χ4v) is 2.90. The van der Waals surface area contributed by atoms with E-state index in [1.165, 1.54) is 11.3 Å². The van der Waals surface area contributed by atoms with E-state index in [2.05, 4.69) is 15.5 Å². The third-order valence-electron chi connectivity index (χ3n) is 3.06. The molecule has 6 heteroatoms. The zero-order chi connectivity index (χ0) is 15.4. The zero-order valence-corrected chi connectivity index (χ0v) is 13.5. The van der Waals surface area contributed by atoms with Gasteiger partial charge in [-0.2, -0.15) is 0 Å². The molecule has 0 saturated heterocycles. The van der Waals surface area contributed by atoms with Crippen LogP contribution in [0.3, 0.4) is 0 Å². The molecule has 22 heavy (non-hydrogen) atoms. The number of benzene rings is 2. The van der Waals surface area contributed by atoms with E-state index < -0.39 is 0 Å². The van der Waals surface area contributed by atoms with Gasteiger partial charge in [0.25, 0.3) is 0 Å². The van der Waals surface area contributed by atoms with Gasteiger partial charge in [0, 0.05) is 23.2 Å². The van der Waals surface area contributed by atoms with Crippen LogP contribution in [0.2, 0.25) is 5.02 Å². The van der Waals surface area contributed by atoms with Crippen LogP contribution in [0.25, 0.3) is 0 Å². The highest BCUT2D eigenvalue weighted by atomic mass is 35.5.